The van der Waals surface area contributed by atoms with Gasteiger partial charge in [-0.25, -0.2) is 0 Å². The van der Waals surface area contributed by atoms with E-state index in [9.17, 15) is 10.5 Å². The Hall–Kier alpha value is -4.36. The van der Waals surface area contributed by atoms with E-state index in [1.165, 1.54) is 30.6 Å². The second kappa shape index (κ2) is 11.6. The van der Waals surface area contributed by atoms with Gasteiger partial charge in [0.05, 0.1) is 40.7 Å². The Morgan fingerprint density at radius 2 is 1.32 bits per heavy atom. The summed E-state index contributed by atoms with van der Waals surface area (Å²) in [6, 6.07) is 25.0. The third kappa shape index (κ3) is 4.99. The van der Waals surface area contributed by atoms with Gasteiger partial charge in [0, 0.05) is 40.4 Å². The van der Waals surface area contributed by atoms with Gasteiger partial charge in [-0.3, -0.25) is 0 Å². The molecule has 0 aliphatic rings. The van der Waals surface area contributed by atoms with Crippen molar-refractivity contribution in [2.45, 2.75) is 20.8 Å². The van der Waals surface area contributed by atoms with E-state index in [4.69, 9.17) is 0 Å². The van der Waals surface area contributed by atoms with Crippen LogP contribution in [0.2, 0.25) is 0 Å². The normalized spacial score (nSPS) is 12.4. The largest absolute Gasteiger partial charge is 0.192 e. The monoisotopic (exact) mass is 660 g/mol. The van der Waals surface area contributed by atoms with Crippen LogP contribution in [0.1, 0.15) is 38.9 Å². The molecule has 5 aromatic heterocycles. The van der Waals surface area contributed by atoms with Gasteiger partial charge in [-0.05, 0) is 79.9 Å². The molecule has 0 atom stereocenters. The van der Waals surface area contributed by atoms with Gasteiger partial charge in [0.1, 0.15) is 28.1 Å². The zero-order valence-electron chi connectivity index (χ0n) is 23.6. The number of allylic oxidation sites excluding steroid dienone is 3. The molecule has 0 unspecified atom stereocenters. The Kier molecular flexibility index (Phi) is 7.50. The molecule has 7 aromatic rings. The Labute approximate surface area is 273 Å². The second-order valence-electron chi connectivity index (χ2n) is 10.1. The van der Waals surface area contributed by atoms with Crippen LogP contribution in [0.4, 0.5) is 0 Å². The first-order valence-corrected chi connectivity index (χ1v) is 17.3. The minimum Gasteiger partial charge on any atom is -0.192 e. The highest BCUT2D eigenvalue weighted by molar-refractivity contribution is 7.27. The van der Waals surface area contributed by atoms with Gasteiger partial charge in [0.15, 0.2) is 0 Å². The van der Waals surface area contributed by atoms with E-state index in [1.807, 2.05) is 49.4 Å². The van der Waals surface area contributed by atoms with Gasteiger partial charge < -0.3 is 0 Å². The molecule has 0 N–H and O–H groups in total. The molecule has 212 valence electrons. The van der Waals surface area contributed by atoms with Crippen molar-refractivity contribution in [3.05, 3.63) is 92.7 Å². The van der Waals surface area contributed by atoms with E-state index in [-0.39, 0.29) is 0 Å². The lowest BCUT2D eigenvalue weighted by atomic mass is 9.99. The highest BCUT2D eigenvalue weighted by Crippen LogP contribution is 2.45. The Bertz CT molecular complexity index is 2360. The van der Waals surface area contributed by atoms with Crippen molar-refractivity contribution in [3.63, 3.8) is 0 Å². The lowest BCUT2D eigenvalue weighted by Crippen LogP contribution is -1.88. The van der Waals surface area contributed by atoms with Crippen LogP contribution in [-0.2, 0) is 0 Å². The summed E-state index contributed by atoms with van der Waals surface area (Å²) in [5.41, 5.74) is 9.25. The molecule has 0 saturated carbocycles. The van der Waals surface area contributed by atoms with Crippen molar-refractivity contribution >= 4 is 102 Å². The maximum atomic E-state index is 10.2. The molecule has 0 saturated heterocycles. The van der Waals surface area contributed by atoms with Gasteiger partial charge in [-0.1, -0.05) is 24.3 Å². The van der Waals surface area contributed by atoms with Crippen molar-refractivity contribution in [3.8, 4) is 31.6 Å². The summed E-state index contributed by atoms with van der Waals surface area (Å²) < 4.78 is 17.5. The van der Waals surface area contributed by atoms with Crippen LogP contribution in [0.25, 0.3) is 64.4 Å². The number of thiophene rings is 3. The van der Waals surface area contributed by atoms with Crippen molar-refractivity contribution < 1.29 is 0 Å². The molecule has 0 aliphatic carbocycles. The topological polar surface area (TPSA) is 99.1 Å². The molecule has 0 fully saturated rings. The summed E-state index contributed by atoms with van der Waals surface area (Å²) in [6.45, 7) is 6.25. The first-order valence-electron chi connectivity index (χ1n) is 13.4. The summed E-state index contributed by atoms with van der Waals surface area (Å²) in [5.74, 6) is 0. The minimum absolute atomic E-state index is 0.576. The van der Waals surface area contributed by atoms with Gasteiger partial charge >= 0.3 is 0 Å². The van der Waals surface area contributed by atoms with Crippen LogP contribution in [0.3, 0.4) is 0 Å². The molecule has 5 heterocycles. The number of rotatable bonds is 6. The van der Waals surface area contributed by atoms with E-state index in [0.29, 0.717) is 11.1 Å². The first kappa shape index (κ1) is 28.4. The van der Waals surface area contributed by atoms with Crippen molar-refractivity contribution in [2.75, 3.05) is 0 Å². The van der Waals surface area contributed by atoms with Crippen LogP contribution in [0.15, 0.2) is 60.7 Å². The Balaban J connectivity index is 1.21. The number of fused-ring (bicyclic) bond motifs is 2. The number of nitrogens with zero attached hydrogens (tertiary/aromatic N) is 6. The summed E-state index contributed by atoms with van der Waals surface area (Å²) in [6.07, 6.45) is 1.95. The molecule has 6 nitrogen and oxygen atoms in total. The van der Waals surface area contributed by atoms with Crippen LogP contribution in [0.5, 0.6) is 0 Å². The number of aromatic nitrogens is 4. The molecule has 44 heavy (non-hydrogen) atoms. The molecule has 2 aromatic carbocycles. The lowest BCUT2D eigenvalue weighted by molar-refractivity contribution is 1.51. The van der Waals surface area contributed by atoms with Crippen molar-refractivity contribution in [1.82, 2.24) is 17.5 Å². The van der Waals surface area contributed by atoms with Crippen molar-refractivity contribution in [2.24, 2.45) is 0 Å². The van der Waals surface area contributed by atoms with E-state index in [2.05, 4.69) is 67.7 Å². The van der Waals surface area contributed by atoms with E-state index in [1.54, 1.807) is 34.0 Å². The third-order valence-corrected chi connectivity index (χ3v) is 12.4. The zero-order chi connectivity index (χ0) is 30.4. The smallest absolute Gasteiger partial charge is 0.113 e. The molecule has 7 rings (SSSR count). The average molecular weight is 661 g/mol. The Morgan fingerprint density at radius 1 is 0.705 bits per heavy atom. The average Bonchev–Trinajstić information content (AvgIpc) is 3.86. The molecule has 0 spiro atoms. The Morgan fingerprint density at radius 3 is 1.98 bits per heavy atom. The summed E-state index contributed by atoms with van der Waals surface area (Å²) in [7, 11) is 0. The number of benzene rings is 2. The fourth-order valence-corrected chi connectivity index (χ4v) is 9.88. The maximum Gasteiger partial charge on any atom is 0.113 e. The standard InChI is InChI=1S/C33H20N6S5/c1-17-12-21(14-20(15-34)22-6-4-8-25-30(22)38-43-36-25)40-32(17)27-10-11-28(41-27)33-18(2)13-29(42-33)19(3)24(16-35)23-7-5-9-26-31(23)39-44-37-26/h4-14H,1-3H3/b20-14+,24-19+. The number of nitriles is 2. The molecule has 0 aliphatic heterocycles. The van der Waals surface area contributed by atoms with Gasteiger partial charge in [0.25, 0.3) is 0 Å². The van der Waals surface area contributed by atoms with E-state index >= 15 is 0 Å². The first-order chi connectivity index (χ1) is 21.4. The van der Waals surface area contributed by atoms with Crippen LogP contribution < -0.4 is 0 Å². The van der Waals surface area contributed by atoms with Crippen LogP contribution >= 0.6 is 57.5 Å². The SMILES string of the molecule is C/C(=C(/C#N)c1cccc2nsnc12)c1cc(C)c(-c2ccc(-c3sc(/C=C(\C#N)c4cccc5nsnc45)cc3C)s2)s1. The number of hydrogen-bond acceptors (Lipinski definition) is 11. The van der Waals surface area contributed by atoms with Crippen LogP contribution in [-0.4, -0.2) is 17.5 Å². The molecule has 0 bridgehead atoms. The predicted octanol–water partition coefficient (Wildman–Crippen LogP) is 10.3. The lowest BCUT2D eigenvalue weighted by Gasteiger charge is -2.05. The summed E-state index contributed by atoms with van der Waals surface area (Å²) in [4.78, 5) is 6.87. The van der Waals surface area contributed by atoms with Crippen LogP contribution in [0, 0.1) is 36.5 Å². The quantitative estimate of drug-likeness (QED) is 0.165. The minimum atomic E-state index is 0.576. The highest BCUT2D eigenvalue weighted by atomic mass is 32.1. The molecular weight excluding hydrogens is 641 g/mol. The van der Waals surface area contributed by atoms with E-state index in [0.717, 1.165) is 72.0 Å². The summed E-state index contributed by atoms with van der Waals surface area (Å²) >= 11 is 7.48. The fraction of sp³-hybridized carbons (Fsp3) is 0.0909. The highest BCUT2D eigenvalue weighted by Gasteiger charge is 2.19. The zero-order valence-corrected chi connectivity index (χ0v) is 27.7. The van der Waals surface area contributed by atoms with Gasteiger partial charge in [0.2, 0.25) is 0 Å². The van der Waals surface area contributed by atoms with Gasteiger partial charge in [-0.2, -0.15) is 28.0 Å². The number of hydrogen-bond donors (Lipinski definition) is 0. The molecular formula is C33H20N6S5. The molecule has 0 radical (unpaired) electrons. The summed E-state index contributed by atoms with van der Waals surface area (Å²) in [5, 5.41) is 20.2. The van der Waals surface area contributed by atoms with E-state index < -0.39 is 0 Å². The fourth-order valence-electron chi connectivity index (χ4n) is 5.13. The predicted molar refractivity (Wildman–Crippen MR) is 187 cm³/mol. The maximum absolute atomic E-state index is 10.2. The number of aryl methyl sites for hydroxylation is 2. The second-order valence-corrected chi connectivity index (χ2v) is 14.4. The van der Waals surface area contributed by atoms with Crippen molar-refractivity contribution in [1.29, 1.82) is 10.5 Å². The molecule has 0 amide bonds. The third-order valence-electron chi connectivity index (χ3n) is 7.30. The van der Waals surface area contributed by atoms with Gasteiger partial charge in [-0.15, -0.1) is 34.0 Å². The molecule has 11 heteroatoms.